The number of piperidine rings is 1. The number of benzene rings is 1. The molecule has 2 heterocycles. The smallest absolute Gasteiger partial charge is 0.136 e. The largest absolute Gasteiger partial charge is 0.355 e. The minimum atomic E-state index is 0.489. The quantitative estimate of drug-likeness (QED) is 0.939. The molecule has 0 aliphatic carbocycles. The van der Waals surface area contributed by atoms with Crippen molar-refractivity contribution < 1.29 is 0 Å². The topological polar surface area (TPSA) is 45.4 Å². The first kappa shape index (κ1) is 14.3. The Labute approximate surface area is 126 Å². The van der Waals surface area contributed by atoms with E-state index in [4.69, 9.17) is 10.7 Å². The van der Waals surface area contributed by atoms with Crippen molar-refractivity contribution in [3.63, 3.8) is 0 Å². The molecule has 4 heteroatoms. The van der Waals surface area contributed by atoms with E-state index in [2.05, 4.69) is 54.2 Å². The molecule has 0 spiro atoms. The SMILES string of the molecule is CN(C)C1CCCN(c2nc(CN)cc3ccccc23)C1. The van der Waals surface area contributed by atoms with Crippen molar-refractivity contribution in [1.29, 1.82) is 0 Å². The van der Waals surface area contributed by atoms with E-state index in [1.165, 1.54) is 23.6 Å². The van der Waals surface area contributed by atoms with E-state index in [0.717, 1.165) is 24.6 Å². The minimum absolute atomic E-state index is 0.489. The molecule has 0 bridgehead atoms. The third-order valence-electron chi connectivity index (χ3n) is 4.41. The standard InChI is InChI=1S/C17H24N4/c1-20(2)15-7-5-9-21(12-15)17-16-8-4-3-6-13(16)10-14(11-18)19-17/h3-4,6,8,10,15H,5,7,9,11-12,18H2,1-2H3. The van der Waals surface area contributed by atoms with Gasteiger partial charge in [0.15, 0.2) is 0 Å². The molecule has 1 saturated heterocycles. The molecule has 1 atom stereocenters. The van der Waals surface area contributed by atoms with Gasteiger partial charge in [-0.2, -0.15) is 0 Å². The third-order valence-corrected chi connectivity index (χ3v) is 4.41. The first-order chi connectivity index (χ1) is 10.2. The molecule has 1 aliphatic heterocycles. The minimum Gasteiger partial charge on any atom is -0.355 e. The number of pyridine rings is 1. The lowest BCUT2D eigenvalue weighted by Gasteiger charge is -2.37. The summed E-state index contributed by atoms with van der Waals surface area (Å²) in [5.41, 5.74) is 6.79. The zero-order valence-electron chi connectivity index (χ0n) is 12.9. The summed E-state index contributed by atoms with van der Waals surface area (Å²) in [5, 5.41) is 2.46. The van der Waals surface area contributed by atoms with Gasteiger partial charge in [-0.3, -0.25) is 0 Å². The van der Waals surface area contributed by atoms with Gasteiger partial charge >= 0.3 is 0 Å². The van der Waals surface area contributed by atoms with E-state index in [1.54, 1.807) is 0 Å². The van der Waals surface area contributed by atoms with Gasteiger partial charge < -0.3 is 15.5 Å². The van der Waals surface area contributed by atoms with E-state index in [0.29, 0.717) is 12.6 Å². The molecule has 1 fully saturated rings. The zero-order chi connectivity index (χ0) is 14.8. The Hall–Kier alpha value is -1.65. The summed E-state index contributed by atoms with van der Waals surface area (Å²) < 4.78 is 0. The van der Waals surface area contributed by atoms with E-state index >= 15 is 0 Å². The van der Waals surface area contributed by atoms with Crippen LogP contribution in [-0.4, -0.2) is 43.1 Å². The fraction of sp³-hybridized carbons (Fsp3) is 0.471. The lowest BCUT2D eigenvalue weighted by Crippen LogP contribution is -2.45. The average molecular weight is 284 g/mol. The fourth-order valence-corrected chi connectivity index (χ4v) is 3.15. The van der Waals surface area contributed by atoms with Crippen molar-refractivity contribution in [2.75, 3.05) is 32.1 Å². The molecule has 0 radical (unpaired) electrons. The van der Waals surface area contributed by atoms with Crippen LogP contribution in [0.1, 0.15) is 18.5 Å². The Morgan fingerprint density at radius 2 is 2.14 bits per heavy atom. The van der Waals surface area contributed by atoms with Crippen LogP contribution in [0.5, 0.6) is 0 Å². The molecular formula is C17H24N4. The maximum absolute atomic E-state index is 5.83. The highest BCUT2D eigenvalue weighted by Gasteiger charge is 2.23. The van der Waals surface area contributed by atoms with E-state index in [-0.39, 0.29) is 0 Å². The molecule has 0 amide bonds. The van der Waals surface area contributed by atoms with Crippen molar-refractivity contribution in [3.8, 4) is 0 Å². The number of rotatable bonds is 3. The van der Waals surface area contributed by atoms with E-state index < -0.39 is 0 Å². The number of nitrogens with zero attached hydrogens (tertiary/aromatic N) is 3. The number of anilines is 1. The molecule has 0 saturated carbocycles. The molecule has 1 aromatic carbocycles. The Bertz CT molecular complexity index is 623. The highest BCUT2D eigenvalue weighted by atomic mass is 15.2. The molecule has 21 heavy (non-hydrogen) atoms. The van der Waals surface area contributed by atoms with Gasteiger partial charge in [0, 0.05) is 31.1 Å². The van der Waals surface area contributed by atoms with E-state index in [9.17, 15) is 0 Å². The number of aromatic nitrogens is 1. The second-order valence-corrected chi connectivity index (χ2v) is 6.07. The number of likely N-dealkylation sites (N-methyl/N-ethyl adjacent to an activating group) is 1. The summed E-state index contributed by atoms with van der Waals surface area (Å²) in [6, 6.07) is 11.2. The first-order valence-corrected chi connectivity index (χ1v) is 7.69. The molecule has 112 valence electrons. The van der Waals surface area contributed by atoms with Crippen LogP contribution in [0, 0.1) is 0 Å². The number of hydrogen-bond donors (Lipinski definition) is 1. The number of fused-ring (bicyclic) bond motifs is 1. The van der Waals surface area contributed by atoms with Crippen LogP contribution in [0.4, 0.5) is 5.82 Å². The Morgan fingerprint density at radius 1 is 1.33 bits per heavy atom. The van der Waals surface area contributed by atoms with Crippen LogP contribution in [0.3, 0.4) is 0 Å². The van der Waals surface area contributed by atoms with Crippen molar-refractivity contribution in [3.05, 3.63) is 36.0 Å². The highest BCUT2D eigenvalue weighted by Crippen LogP contribution is 2.28. The second-order valence-electron chi connectivity index (χ2n) is 6.07. The van der Waals surface area contributed by atoms with Crippen molar-refractivity contribution in [2.45, 2.75) is 25.4 Å². The molecule has 4 nitrogen and oxygen atoms in total. The van der Waals surface area contributed by atoms with Gasteiger partial charge in [-0.05, 0) is 38.4 Å². The van der Waals surface area contributed by atoms with Crippen LogP contribution in [0.2, 0.25) is 0 Å². The predicted octanol–water partition coefficient (Wildman–Crippen LogP) is 2.22. The van der Waals surface area contributed by atoms with Gasteiger partial charge in [0.2, 0.25) is 0 Å². The Balaban J connectivity index is 2.02. The van der Waals surface area contributed by atoms with Gasteiger partial charge in [-0.25, -0.2) is 4.98 Å². The molecule has 1 aliphatic rings. The molecule has 3 rings (SSSR count). The van der Waals surface area contributed by atoms with Gasteiger partial charge in [-0.1, -0.05) is 24.3 Å². The van der Waals surface area contributed by atoms with E-state index in [1.807, 2.05) is 0 Å². The van der Waals surface area contributed by atoms with Gasteiger partial charge in [0.1, 0.15) is 5.82 Å². The van der Waals surface area contributed by atoms with Crippen molar-refractivity contribution >= 4 is 16.6 Å². The third kappa shape index (κ3) is 2.87. The Morgan fingerprint density at radius 3 is 2.90 bits per heavy atom. The molecule has 2 aromatic rings. The lowest BCUT2D eigenvalue weighted by molar-refractivity contribution is 0.257. The summed E-state index contributed by atoms with van der Waals surface area (Å²) in [6.07, 6.45) is 2.48. The van der Waals surface area contributed by atoms with Gasteiger partial charge in [0.05, 0.1) is 5.69 Å². The summed E-state index contributed by atoms with van der Waals surface area (Å²) >= 11 is 0. The van der Waals surface area contributed by atoms with Crippen molar-refractivity contribution in [2.24, 2.45) is 5.73 Å². The average Bonchev–Trinajstić information content (AvgIpc) is 2.53. The number of nitrogens with two attached hydrogens (primary N) is 1. The fourth-order valence-electron chi connectivity index (χ4n) is 3.15. The summed E-state index contributed by atoms with van der Waals surface area (Å²) in [5.74, 6) is 1.10. The van der Waals surface area contributed by atoms with Crippen LogP contribution >= 0.6 is 0 Å². The monoisotopic (exact) mass is 284 g/mol. The maximum Gasteiger partial charge on any atom is 0.136 e. The Kier molecular flexibility index (Phi) is 4.08. The van der Waals surface area contributed by atoms with Gasteiger partial charge in [0.25, 0.3) is 0 Å². The van der Waals surface area contributed by atoms with Gasteiger partial charge in [-0.15, -0.1) is 0 Å². The molecule has 2 N–H and O–H groups in total. The molecule has 1 unspecified atom stereocenters. The van der Waals surface area contributed by atoms with Crippen LogP contribution in [-0.2, 0) is 6.54 Å². The second kappa shape index (κ2) is 6.00. The lowest BCUT2D eigenvalue weighted by atomic mass is 10.0. The van der Waals surface area contributed by atoms with Crippen LogP contribution in [0.25, 0.3) is 10.8 Å². The highest BCUT2D eigenvalue weighted by molar-refractivity contribution is 5.92. The summed E-state index contributed by atoms with van der Waals surface area (Å²) in [7, 11) is 4.33. The summed E-state index contributed by atoms with van der Waals surface area (Å²) in [4.78, 5) is 9.57. The van der Waals surface area contributed by atoms with Crippen LogP contribution < -0.4 is 10.6 Å². The number of hydrogen-bond acceptors (Lipinski definition) is 4. The maximum atomic E-state index is 5.83. The first-order valence-electron chi connectivity index (χ1n) is 7.69. The molecular weight excluding hydrogens is 260 g/mol. The zero-order valence-corrected chi connectivity index (χ0v) is 12.9. The predicted molar refractivity (Wildman–Crippen MR) is 88.6 cm³/mol. The molecule has 1 aromatic heterocycles. The summed E-state index contributed by atoms with van der Waals surface area (Å²) in [6.45, 7) is 2.61. The van der Waals surface area contributed by atoms with Crippen LogP contribution in [0.15, 0.2) is 30.3 Å². The van der Waals surface area contributed by atoms with Crippen molar-refractivity contribution in [1.82, 2.24) is 9.88 Å². The normalized spacial score (nSPS) is 19.4.